The molecule has 0 aliphatic carbocycles. The molecular weight excluding hydrogens is 250 g/mol. The Morgan fingerprint density at radius 3 is 3.00 bits per heavy atom. The second-order valence-corrected chi connectivity index (χ2v) is 5.99. The monoisotopic (exact) mass is 275 g/mol. The van der Waals surface area contributed by atoms with E-state index in [1.165, 1.54) is 12.8 Å². The number of aromatic nitrogens is 1. The number of carbonyl (C=O) groups is 1. The first-order valence-corrected chi connectivity index (χ1v) is 7.51. The van der Waals surface area contributed by atoms with Gasteiger partial charge >= 0.3 is 0 Å². The smallest absolute Gasteiger partial charge is 0.252 e. The molecule has 0 aromatic carbocycles. The number of carbonyl (C=O) groups excluding carboxylic acids is 1. The van der Waals surface area contributed by atoms with Gasteiger partial charge in [0.1, 0.15) is 0 Å². The second kappa shape index (κ2) is 6.84. The molecule has 0 radical (unpaired) electrons. The lowest BCUT2D eigenvalue weighted by molar-refractivity contribution is 0.0917. The molecule has 0 saturated carbocycles. The Labute approximate surface area is 121 Å². The number of pyridine rings is 1. The lowest BCUT2D eigenvalue weighted by Gasteiger charge is -2.35. The molecule has 1 aliphatic rings. The number of hydrogen-bond acceptors (Lipinski definition) is 3. The molecule has 4 nitrogen and oxygen atoms in total. The van der Waals surface area contributed by atoms with Crippen molar-refractivity contribution in [3.63, 3.8) is 0 Å². The summed E-state index contributed by atoms with van der Waals surface area (Å²) in [5, 5.41) is 3.01. The zero-order chi connectivity index (χ0) is 14.5. The van der Waals surface area contributed by atoms with Gasteiger partial charge < -0.3 is 5.32 Å². The fourth-order valence-corrected chi connectivity index (χ4v) is 2.70. The Kier molecular flexibility index (Phi) is 5.12. The van der Waals surface area contributed by atoms with Gasteiger partial charge in [0.2, 0.25) is 0 Å². The van der Waals surface area contributed by atoms with Crippen molar-refractivity contribution >= 4 is 5.91 Å². The largest absolute Gasteiger partial charge is 0.350 e. The van der Waals surface area contributed by atoms with E-state index in [0.29, 0.717) is 18.2 Å². The van der Waals surface area contributed by atoms with Crippen LogP contribution in [0.4, 0.5) is 0 Å². The normalized spacial score (nSPS) is 21.4. The molecule has 1 saturated heterocycles. The number of nitrogens with zero attached hydrogens (tertiary/aromatic N) is 2. The highest BCUT2D eigenvalue weighted by Gasteiger charge is 2.21. The van der Waals surface area contributed by atoms with Gasteiger partial charge in [-0.1, -0.05) is 6.92 Å². The number of aryl methyl sites for hydroxylation is 1. The van der Waals surface area contributed by atoms with E-state index in [1.807, 2.05) is 19.1 Å². The van der Waals surface area contributed by atoms with Crippen LogP contribution in [0.1, 0.15) is 42.7 Å². The highest BCUT2D eigenvalue weighted by molar-refractivity contribution is 5.93. The van der Waals surface area contributed by atoms with Crippen molar-refractivity contribution in [3.05, 3.63) is 29.6 Å². The van der Waals surface area contributed by atoms with E-state index < -0.39 is 0 Å². The summed E-state index contributed by atoms with van der Waals surface area (Å²) < 4.78 is 0. The lowest BCUT2D eigenvalue weighted by Crippen LogP contribution is -2.46. The fourth-order valence-electron chi connectivity index (χ4n) is 2.70. The van der Waals surface area contributed by atoms with E-state index >= 15 is 0 Å². The van der Waals surface area contributed by atoms with Gasteiger partial charge in [0, 0.05) is 31.0 Å². The summed E-state index contributed by atoms with van der Waals surface area (Å²) >= 11 is 0. The molecule has 1 amide bonds. The molecule has 2 atom stereocenters. The minimum absolute atomic E-state index is 0.0330. The lowest BCUT2D eigenvalue weighted by atomic mass is 9.99. The summed E-state index contributed by atoms with van der Waals surface area (Å²) in [4.78, 5) is 18.7. The zero-order valence-corrected chi connectivity index (χ0v) is 12.7. The average molecular weight is 275 g/mol. The zero-order valence-electron chi connectivity index (χ0n) is 12.7. The predicted octanol–water partition coefficient (Wildman–Crippen LogP) is 2.24. The summed E-state index contributed by atoms with van der Waals surface area (Å²) in [5.74, 6) is 0.734. The van der Waals surface area contributed by atoms with E-state index in [4.69, 9.17) is 0 Å². The molecular formula is C16H25N3O. The molecule has 20 heavy (non-hydrogen) atoms. The standard InChI is InChI=1S/C16H25N3O/c1-12-5-4-8-19(11-12)14(3)9-18-16(20)15-7-6-13(2)17-10-15/h6-7,10,12,14H,4-5,8-9,11H2,1-3H3,(H,18,20)/t12-,14-/m0/s1. The number of hydrogen-bond donors (Lipinski definition) is 1. The van der Waals surface area contributed by atoms with Crippen LogP contribution in [0.5, 0.6) is 0 Å². The van der Waals surface area contributed by atoms with Gasteiger partial charge in [0.15, 0.2) is 0 Å². The van der Waals surface area contributed by atoms with E-state index in [1.54, 1.807) is 6.20 Å². The molecule has 0 unspecified atom stereocenters. The van der Waals surface area contributed by atoms with E-state index in [9.17, 15) is 4.79 Å². The maximum atomic E-state index is 12.0. The van der Waals surface area contributed by atoms with Crippen molar-refractivity contribution in [1.82, 2.24) is 15.2 Å². The number of nitrogens with one attached hydrogen (secondary N) is 1. The molecule has 1 aromatic heterocycles. The van der Waals surface area contributed by atoms with Crippen LogP contribution >= 0.6 is 0 Å². The topological polar surface area (TPSA) is 45.2 Å². The SMILES string of the molecule is Cc1ccc(C(=O)NC[C@H](C)N2CCC[C@H](C)C2)cn1. The molecule has 4 heteroatoms. The molecule has 0 spiro atoms. The summed E-state index contributed by atoms with van der Waals surface area (Å²) in [5.41, 5.74) is 1.56. The summed E-state index contributed by atoms with van der Waals surface area (Å²) in [6.07, 6.45) is 4.23. The maximum absolute atomic E-state index is 12.0. The van der Waals surface area contributed by atoms with Crippen LogP contribution < -0.4 is 5.32 Å². The van der Waals surface area contributed by atoms with Crippen molar-refractivity contribution in [2.24, 2.45) is 5.92 Å². The first kappa shape index (κ1) is 15.0. The molecule has 2 rings (SSSR count). The third-order valence-corrected chi connectivity index (χ3v) is 4.04. The molecule has 110 valence electrons. The van der Waals surface area contributed by atoms with Crippen molar-refractivity contribution in [2.45, 2.75) is 39.7 Å². The highest BCUT2D eigenvalue weighted by Crippen LogP contribution is 2.17. The van der Waals surface area contributed by atoms with Gasteiger partial charge in [-0.3, -0.25) is 14.7 Å². The van der Waals surface area contributed by atoms with Crippen LogP contribution in [0.15, 0.2) is 18.3 Å². The van der Waals surface area contributed by atoms with Gasteiger partial charge in [-0.2, -0.15) is 0 Å². The van der Waals surface area contributed by atoms with Crippen molar-refractivity contribution in [3.8, 4) is 0 Å². The third-order valence-electron chi connectivity index (χ3n) is 4.04. The highest BCUT2D eigenvalue weighted by atomic mass is 16.1. The number of likely N-dealkylation sites (tertiary alicyclic amines) is 1. The van der Waals surface area contributed by atoms with Crippen LogP contribution in [0, 0.1) is 12.8 Å². The minimum Gasteiger partial charge on any atom is -0.350 e. The van der Waals surface area contributed by atoms with Gasteiger partial charge in [-0.25, -0.2) is 0 Å². The molecule has 1 aromatic rings. The molecule has 1 N–H and O–H groups in total. The van der Waals surface area contributed by atoms with Crippen LogP contribution in [0.2, 0.25) is 0 Å². The Morgan fingerprint density at radius 1 is 1.55 bits per heavy atom. The summed E-state index contributed by atoms with van der Waals surface area (Å²) in [6.45, 7) is 9.39. The first-order valence-electron chi connectivity index (χ1n) is 7.51. The molecule has 0 bridgehead atoms. The summed E-state index contributed by atoms with van der Waals surface area (Å²) in [6, 6.07) is 4.08. The van der Waals surface area contributed by atoms with Gasteiger partial charge in [-0.15, -0.1) is 0 Å². The maximum Gasteiger partial charge on any atom is 0.252 e. The Morgan fingerprint density at radius 2 is 2.35 bits per heavy atom. The summed E-state index contributed by atoms with van der Waals surface area (Å²) in [7, 11) is 0. The van der Waals surface area contributed by atoms with Crippen molar-refractivity contribution in [2.75, 3.05) is 19.6 Å². The number of piperidine rings is 1. The third kappa shape index (κ3) is 4.04. The van der Waals surface area contributed by atoms with Gasteiger partial charge in [0.05, 0.1) is 5.56 Å². The quantitative estimate of drug-likeness (QED) is 0.916. The fraction of sp³-hybridized carbons (Fsp3) is 0.625. The molecule has 1 fully saturated rings. The van der Waals surface area contributed by atoms with E-state index in [2.05, 4.69) is 29.0 Å². The Bertz CT molecular complexity index is 444. The van der Waals surface area contributed by atoms with Crippen LogP contribution in [0.25, 0.3) is 0 Å². The number of rotatable bonds is 4. The predicted molar refractivity (Wildman–Crippen MR) is 80.7 cm³/mol. The van der Waals surface area contributed by atoms with Crippen LogP contribution in [-0.4, -0.2) is 41.5 Å². The Hall–Kier alpha value is -1.42. The average Bonchev–Trinajstić information content (AvgIpc) is 2.45. The van der Waals surface area contributed by atoms with Crippen LogP contribution in [-0.2, 0) is 0 Å². The molecule has 2 heterocycles. The second-order valence-electron chi connectivity index (χ2n) is 5.99. The van der Waals surface area contributed by atoms with E-state index in [0.717, 1.165) is 24.7 Å². The minimum atomic E-state index is -0.0330. The van der Waals surface area contributed by atoms with Crippen molar-refractivity contribution < 1.29 is 4.79 Å². The van der Waals surface area contributed by atoms with Crippen molar-refractivity contribution in [1.29, 1.82) is 0 Å². The molecule has 1 aliphatic heterocycles. The van der Waals surface area contributed by atoms with Crippen LogP contribution in [0.3, 0.4) is 0 Å². The van der Waals surface area contributed by atoms with Gasteiger partial charge in [-0.05, 0) is 51.3 Å². The number of amides is 1. The Balaban J connectivity index is 1.82. The first-order chi connectivity index (χ1) is 9.56. The van der Waals surface area contributed by atoms with E-state index in [-0.39, 0.29) is 5.91 Å². The van der Waals surface area contributed by atoms with Gasteiger partial charge in [0.25, 0.3) is 5.91 Å².